The van der Waals surface area contributed by atoms with Crippen molar-refractivity contribution in [3.63, 3.8) is 0 Å². The molecule has 1 unspecified atom stereocenters. The second-order valence-corrected chi connectivity index (χ2v) is 4.38. The van der Waals surface area contributed by atoms with Crippen LogP contribution in [0.2, 0.25) is 0 Å². The first-order valence-electron chi connectivity index (χ1n) is 6.38. The van der Waals surface area contributed by atoms with Crippen LogP contribution in [-0.4, -0.2) is 28.1 Å². The fraction of sp³-hybridized carbons (Fsp3) is 0.429. The lowest BCUT2D eigenvalue weighted by Gasteiger charge is -2.14. The maximum absolute atomic E-state index is 11.9. The van der Waals surface area contributed by atoms with Crippen LogP contribution in [-0.2, 0) is 4.79 Å². The number of carbonyl (C=O) groups excluding carboxylic acids is 1. The highest BCUT2D eigenvalue weighted by atomic mass is 16.4. The number of aliphatic carboxylic acids is 1. The maximum Gasteiger partial charge on any atom is 0.326 e. The molecule has 0 aromatic heterocycles. The highest BCUT2D eigenvalue weighted by Crippen LogP contribution is 2.15. The third-order valence-electron chi connectivity index (χ3n) is 2.85. The molecule has 3 N–H and O–H groups in total. The lowest BCUT2D eigenvalue weighted by atomic mass is 10.1. The maximum atomic E-state index is 11.9. The highest BCUT2D eigenvalue weighted by Gasteiger charge is 2.21. The molecule has 0 aliphatic rings. The number of amides is 1. The fourth-order valence-electron chi connectivity index (χ4n) is 1.76. The van der Waals surface area contributed by atoms with Crippen molar-refractivity contribution in [2.75, 3.05) is 0 Å². The van der Waals surface area contributed by atoms with Gasteiger partial charge in [0.2, 0.25) is 0 Å². The lowest BCUT2D eigenvalue weighted by molar-refractivity contribution is -0.139. The largest absolute Gasteiger partial charge is 0.507 e. The molecule has 1 aromatic rings. The van der Waals surface area contributed by atoms with Crippen molar-refractivity contribution in [3.05, 3.63) is 29.8 Å². The molecule has 0 saturated carbocycles. The summed E-state index contributed by atoms with van der Waals surface area (Å²) in [5.41, 5.74) is 0.0873. The topological polar surface area (TPSA) is 86.6 Å². The number of hydrogen-bond donors (Lipinski definition) is 3. The zero-order valence-electron chi connectivity index (χ0n) is 10.9. The van der Waals surface area contributed by atoms with E-state index < -0.39 is 17.9 Å². The van der Waals surface area contributed by atoms with E-state index in [1.54, 1.807) is 12.1 Å². The SMILES string of the molecule is CCCCCC(NC(=O)c1ccccc1O)C(=O)O. The normalized spacial score (nSPS) is 11.8. The molecular formula is C14H19NO4. The van der Waals surface area contributed by atoms with Crippen molar-refractivity contribution in [2.24, 2.45) is 0 Å². The molecule has 1 amide bonds. The predicted octanol–water partition coefficient (Wildman–Crippen LogP) is 2.16. The van der Waals surface area contributed by atoms with Crippen LogP contribution in [0.4, 0.5) is 0 Å². The fourth-order valence-corrected chi connectivity index (χ4v) is 1.76. The Kier molecular flexibility index (Phi) is 5.85. The molecule has 5 heteroatoms. The van der Waals surface area contributed by atoms with Crippen molar-refractivity contribution in [1.82, 2.24) is 5.32 Å². The molecule has 0 bridgehead atoms. The van der Waals surface area contributed by atoms with Gasteiger partial charge in [0, 0.05) is 0 Å². The van der Waals surface area contributed by atoms with E-state index in [-0.39, 0.29) is 11.3 Å². The van der Waals surface area contributed by atoms with E-state index in [1.165, 1.54) is 12.1 Å². The second kappa shape index (κ2) is 7.41. The minimum Gasteiger partial charge on any atom is -0.507 e. The summed E-state index contributed by atoms with van der Waals surface area (Å²) in [4.78, 5) is 22.9. The first-order chi connectivity index (χ1) is 9.06. The van der Waals surface area contributed by atoms with Gasteiger partial charge in [0.1, 0.15) is 11.8 Å². The summed E-state index contributed by atoms with van der Waals surface area (Å²) < 4.78 is 0. The number of phenolic OH excluding ortho intramolecular Hbond substituents is 1. The van der Waals surface area contributed by atoms with Crippen LogP contribution in [0, 0.1) is 0 Å². The molecule has 0 fully saturated rings. The zero-order chi connectivity index (χ0) is 14.3. The minimum atomic E-state index is -1.06. The van der Waals surface area contributed by atoms with Crippen LogP contribution in [0.5, 0.6) is 5.75 Å². The van der Waals surface area contributed by atoms with Crippen molar-refractivity contribution in [3.8, 4) is 5.75 Å². The summed E-state index contributed by atoms with van der Waals surface area (Å²) in [6.07, 6.45) is 3.05. The van der Waals surface area contributed by atoms with Crippen LogP contribution in [0.15, 0.2) is 24.3 Å². The summed E-state index contributed by atoms with van der Waals surface area (Å²) in [5, 5.41) is 21.0. The van der Waals surface area contributed by atoms with E-state index in [1.807, 2.05) is 6.92 Å². The molecule has 0 saturated heterocycles. The number of nitrogens with one attached hydrogen (secondary N) is 1. The molecule has 104 valence electrons. The van der Waals surface area contributed by atoms with Gasteiger partial charge >= 0.3 is 5.97 Å². The molecular weight excluding hydrogens is 246 g/mol. The van der Waals surface area contributed by atoms with Gasteiger partial charge in [-0.3, -0.25) is 4.79 Å². The molecule has 0 aliphatic carbocycles. The number of phenols is 1. The number of carbonyl (C=O) groups is 2. The molecule has 0 spiro atoms. The Balaban J connectivity index is 2.66. The van der Waals surface area contributed by atoms with Gasteiger partial charge in [0.05, 0.1) is 5.56 Å². The number of carboxylic acid groups (broad SMARTS) is 1. The molecule has 5 nitrogen and oxygen atoms in total. The Hall–Kier alpha value is -2.04. The standard InChI is InChI=1S/C14H19NO4/c1-2-3-4-8-11(14(18)19)15-13(17)10-7-5-6-9-12(10)16/h5-7,9,11,16H,2-4,8H2,1H3,(H,15,17)(H,18,19). The average Bonchev–Trinajstić information content (AvgIpc) is 2.38. The van der Waals surface area contributed by atoms with Gasteiger partial charge in [-0.25, -0.2) is 4.79 Å². The zero-order valence-corrected chi connectivity index (χ0v) is 10.9. The van der Waals surface area contributed by atoms with Gasteiger partial charge in [-0.2, -0.15) is 0 Å². The molecule has 0 radical (unpaired) electrons. The summed E-state index contributed by atoms with van der Waals surface area (Å²) in [7, 11) is 0. The molecule has 1 aromatic carbocycles. The van der Waals surface area contributed by atoms with Gasteiger partial charge in [0.25, 0.3) is 5.91 Å². The van der Waals surface area contributed by atoms with Crippen LogP contribution in [0.3, 0.4) is 0 Å². The Morgan fingerprint density at radius 1 is 1.26 bits per heavy atom. The van der Waals surface area contributed by atoms with Crippen molar-refractivity contribution in [2.45, 2.75) is 38.6 Å². The van der Waals surface area contributed by atoms with E-state index >= 15 is 0 Å². The van der Waals surface area contributed by atoms with Gasteiger partial charge in [-0.1, -0.05) is 38.3 Å². The first-order valence-corrected chi connectivity index (χ1v) is 6.38. The van der Waals surface area contributed by atoms with Crippen LogP contribution in [0.1, 0.15) is 43.0 Å². The van der Waals surface area contributed by atoms with E-state index in [4.69, 9.17) is 5.11 Å². The summed E-state index contributed by atoms with van der Waals surface area (Å²) in [5.74, 6) is -1.78. The van der Waals surface area contributed by atoms with Crippen LogP contribution in [0.25, 0.3) is 0 Å². The van der Waals surface area contributed by atoms with Crippen molar-refractivity contribution < 1.29 is 19.8 Å². The van der Waals surface area contributed by atoms with Crippen LogP contribution < -0.4 is 5.32 Å². The molecule has 0 heterocycles. The number of rotatable bonds is 7. The van der Waals surface area contributed by atoms with E-state index in [9.17, 15) is 14.7 Å². The smallest absolute Gasteiger partial charge is 0.326 e. The Labute approximate surface area is 112 Å². The highest BCUT2D eigenvalue weighted by molar-refractivity contribution is 5.98. The van der Waals surface area contributed by atoms with E-state index in [0.717, 1.165) is 19.3 Å². The number of para-hydroxylation sites is 1. The van der Waals surface area contributed by atoms with E-state index in [2.05, 4.69) is 5.32 Å². The quantitative estimate of drug-likeness (QED) is 0.659. The number of carboxylic acids is 1. The molecule has 1 rings (SSSR count). The van der Waals surface area contributed by atoms with Gasteiger partial charge in [-0.15, -0.1) is 0 Å². The predicted molar refractivity (Wildman–Crippen MR) is 71.1 cm³/mol. The third-order valence-corrected chi connectivity index (χ3v) is 2.85. The van der Waals surface area contributed by atoms with Crippen molar-refractivity contribution in [1.29, 1.82) is 0 Å². The number of aromatic hydroxyl groups is 1. The minimum absolute atomic E-state index is 0.0873. The van der Waals surface area contributed by atoms with Gasteiger partial charge in [0.15, 0.2) is 0 Å². The Bertz CT molecular complexity index is 445. The summed E-state index contributed by atoms with van der Waals surface area (Å²) in [6, 6.07) is 5.14. The number of benzene rings is 1. The third kappa shape index (κ3) is 4.62. The second-order valence-electron chi connectivity index (χ2n) is 4.38. The average molecular weight is 265 g/mol. The first kappa shape index (κ1) is 15.0. The lowest BCUT2D eigenvalue weighted by Crippen LogP contribution is -2.40. The monoisotopic (exact) mass is 265 g/mol. The molecule has 1 atom stereocenters. The van der Waals surface area contributed by atoms with Crippen LogP contribution >= 0.6 is 0 Å². The molecule has 19 heavy (non-hydrogen) atoms. The Morgan fingerprint density at radius 2 is 1.95 bits per heavy atom. The number of unbranched alkanes of at least 4 members (excludes halogenated alkanes) is 2. The number of hydrogen-bond acceptors (Lipinski definition) is 3. The van der Waals surface area contributed by atoms with Crippen molar-refractivity contribution >= 4 is 11.9 Å². The van der Waals surface area contributed by atoms with Gasteiger partial charge in [-0.05, 0) is 18.6 Å². The summed E-state index contributed by atoms with van der Waals surface area (Å²) >= 11 is 0. The Morgan fingerprint density at radius 3 is 2.53 bits per heavy atom. The van der Waals surface area contributed by atoms with E-state index in [0.29, 0.717) is 6.42 Å². The molecule has 0 aliphatic heterocycles. The van der Waals surface area contributed by atoms with Gasteiger partial charge < -0.3 is 15.5 Å². The summed E-state index contributed by atoms with van der Waals surface area (Å²) in [6.45, 7) is 2.02.